The van der Waals surface area contributed by atoms with Gasteiger partial charge in [-0.25, -0.2) is 0 Å². The average Bonchev–Trinajstić information content (AvgIpc) is 3.66. The minimum absolute atomic E-state index is 0.392. The van der Waals surface area contributed by atoms with Gasteiger partial charge in [0.15, 0.2) is 0 Å². The van der Waals surface area contributed by atoms with Crippen LogP contribution in [0.3, 0.4) is 0 Å². The van der Waals surface area contributed by atoms with Crippen LogP contribution in [0.4, 0.5) is 34.1 Å². The number of unbranched alkanes of at least 4 members (excludes halogenated alkanes) is 2. The molecule has 8 rings (SSSR count). The highest BCUT2D eigenvalue weighted by Crippen LogP contribution is 2.41. The van der Waals surface area contributed by atoms with Gasteiger partial charge in [0.1, 0.15) is 0 Å². The summed E-state index contributed by atoms with van der Waals surface area (Å²) in [6, 6.07) is 54.3. The van der Waals surface area contributed by atoms with Crippen molar-refractivity contribution in [1.29, 1.82) is 0 Å². The van der Waals surface area contributed by atoms with Gasteiger partial charge in [0.25, 0.3) is 0 Å². The Morgan fingerprint density at radius 1 is 0.359 bits per heavy atom. The summed E-state index contributed by atoms with van der Waals surface area (Å²) in [7, 11) is -0.815. The first kappa shape index (κ1) is 46.9. The zero-order valence-corrected chi connectivity index (χ0v) is 40.2. The summed E-state index contributed by atoms with van der Waals surface area (Å²) in [6.45, 7) is 23.3. The quantitative estimate of drug-likeness (QED) is 0.108. The van der Waals surface area contributed by atoms with Gasteiger partial charge in [-0.05, 0) is 169 Å². The van der Waals surface area contributed by atoms with E-state index < -0.39 is 36.6 Å². The van der Waals surface area contributed by atoms with Gasteiger partial charge in [0, 0.05) is 34.1 Å². The SMILES string of the molecule is CCCC.CCCCc1ccc(N(c2ccc(B3OC(C)(C)C(C)(C)O3)cc2)c2ccc(-c3ccc(N(c4ccccc4)c4ccc(B5OC(C)(C)C(C)(C)O5)cc4)cc3)cc2)cc1. The summed E-state index contributed by atoms with van der Waals surface area (Å²) in [5.74, 6) is 0. The molecule has 0 amide bonds. The summed E-state index contributed by atoms with van der Waals surface area (Å²) in [5, 5.41) is 0. The third-order valence-electron chi connectivity index (χ3n) is 13.5. The predicted octanol–water partition coefficient (Wildman–Crippen LogP) is 14.0. The van der Waals surface area contributed by atoms with Crippen molar-refractivity contribution in [2.45, 2.75) is 131 Å². The van der Waals surface area contributed by atoms with Crippen LogP contribution in [0.2, 0.25) is 0 Å². The summed E-state index contributed by atoms with van der Waals surface area (Å²) in [5.41, 5.74) is 10.6. The number of hydrogen-bond acceptors (Lipinski definition) is 6. The molecule has 0 saturated carbocycles. The molecule has 64 heavy (non-hydrogen) atoms. The lowest BCUT2D eigenvalue weighted by atomic mass is 9.79. The van der Waals surface area contributed by atoms with Crippen molar-refractivity contribution in [1.82, 2.24) is 0 Å². The van der Waals surface area contributed by atoms with Gasteiger partial charge in [0.05, 0.1) is 22.4 Å². The van der Waals surface area contributed by atoms with E-state index in [1.807, 2.05) is 0 Å². The minimum Gasteiger partial charge on any atom is -0.399 e. The molecule has 2 aliphatic heterocycles. The number of hydrogen-bond donors (Lipinski definition) is 0. The van der Waals surface area contributed by atoms with Gasteiger partial charge >= 0.3 is 14.2 Å². The van der Waals surface area contributed by atoms with Crippen LogP contribution in [0.1, 0.15) is 107 Å². The van der Waals surface area contributed by atoms with Crippen LogP contribution >= 0.6 is 0 Å². The van der Waals surface area contributed by atoms with E-state index in [1.54, 1.807) is 0 Å². The second kappa shape index (κ2) is 19.6. The Morgan fingerprint density at radius 3 is 0.969 bits per heavy atom. The van der Waals surface area contributed by atoms with Gasteiger partial charge in [-0.2, -0.15) is 0 Å². The normalized spacial score (nSPS) is 16.9. The fourth-order valence-electron chi connectivity index (χ4n) is 7.79. The van der Waals surface area contributed by atoms with Crippen molar-refractivity contribution in [2.24, 2.45) is 0 Å². The average molecular weight is 855 g/mol. The molecule has 0 atom stereocenters. The summed E-state index contributed by atoms with van der Waals surface area (Å²) >= 11 is 0. The van der Waals surface area contributed by atoms with E-state index in [0.717, 1.165) is 62.6 Å². The molecule has 0 bridgehead atoms. The first-order valence-corrected chi connectivity index (χ1v) is 23.4. The molecular formula is C56H68B2N2O4. The summed E-state index contributed by atoms with van der Waals surface area (Å²) < 4.78 is 25.4. The monoisotopic (exact) mass is 855 g/mol. The molecule has 0 unspecified atom stereocenters. The standard InChI is InChI=1S/C52H58B2N2O4.C4H10/c1-10-11-15-38-18-28-44(29-19-38)56(48-36-26-42(27-37-48)54-59-51(6,7)52(8,9)60-54)46-32-22-40(23-33-46)39-20-30-45(31-21-39)55(43-16-13-12-14-17-43)47-34-24-41(25-35-47)53-57-49(2,3)50(4,5)58-53;1-3-4-2/h12-14,16-37H,10-11,15H2,1-9H3;3-4H2,1-2H3. The van der Waals surface area contributed by atoms with Crippen LogP contribution in [-0.4, -0.2) is 36.6 Å². The Balaban J connectivity index is 0.00000147. The van der Waals surface area contributed by atoms with Crippen molar-refractivity contribution in [3.63, 3.8) is 0 Å². The Morgan fingerprint density at radius 2 is 0.656 bits per heavy atom. The molecule has 0 N–H and O–H groups in total. The maximum Gasteiger partial charge on any atom is 0.494 e. The van der Waals surface area contributed by atoms with Gasteiger partial charge in [-0.3, -0.25) is 0 Å². The number of aryl methyl sites for hydroxylation is 1. The van der Waals surface area contributed by atoms with E-state index in [1.165, 1.54) is 31.2 Å². The van der Waals surface area contributed by atoms with Crippen LogP contribution in [0.5, 0.6) is 0 Å². The molecule has 0 radical (unpaired) electrons. The minimum atomic E-state index is -0.409. The third kappa shape index (κ3) is 10.2. The van der Waals surface area contributed by atoms with Crippen molar-refractivity contribution < 1.29 is 18.6 Å². The summed E-state index contributed by atoms with van der Waals surface area (Å²) in [4.78, 5) is 4.60. The van der Waals surface area contributed by atoms with Crippen LogP contribution in [0.25, 0.3) is 11.1 Å². The molecule has 2 fully saturated rings. The molecule has 0 aliphatic carbocycles. The van der Waals surface area contributed by atoms with Crippen LogP contribution in [0.15, 0.2) is 152 Å². The largest absolute Gasteiger partial charge is 0.494 e. The van der Waals surface area contributed by atoms with Gasteiger partial charge < -0.3 is 28.4 Å². The lowest BCUT2D eigenvalue weighted by Crippen LogP contribution is -2.41. The highest BCUT2D eigenvalue weighted by molar-refractivity contribution is 6.62. The van der Waals surface area contributed by atoms with E-state index in [9.17, 15) is 0 Å². The zero-order chi connectivity index (χ0) is 45.7. The maximum absolute atomic E-state index is 6.37. The first-order chi connectivity index (χ1) is 30.6. The lowest BCUT2D eigenvalue weighted by molar-refractivity contribution is 0.00578. The van der Waals surface area contributed by atoms with Crippen molar-refractivity contribution in [3.05, 3.63) is 157 Å². The van der Waals surface area contributed by atoms with Gasteiger partial charge in [-0.1, -0.05) is 119 Å². The van der Waals surface area contributed by atoms with Crippen LogP contribution in [-0.2, 0) is 25.0 Å². The highest BCUT2D eigenvalue weighted by atomic mass is 16.7. The fraction of sp³-hybridized carbons (Fsp3) is 0.357. The van der Waals surface area contributed by atoms with Gasteiger partial charge in [0.2, 0.25) is 0 Å². The highest BCUT2D eigenvalue weighted by Gasteiger charge is 2.52. The topological polar surface area (TPSA) is 43.4 Å². The van der Waals surface area contributed by atoms with Crippen molar-refractivity contribution in [2.75, 3.05) is 9.80 Å². The Kier molecular flexibility index (Phi) is 14.3. The van der Waals surface area contributed by atoms with Crippen LogP contribution < -0.4 is 20.7 Å². The molecule has 2 saturated heterocycles. The third-order valence-corrected chi connectivity index (χ3v) is 13.5. The maximum atomic E-state index is 6.37. The number of anilines is 6. The molecule has 2 aliphatic rings. The second-order valence-corrected chi connectivity index (χ2v) is 19.2. The second-order valence-electron chi connectivity index (χ2n) is 19.2. The van der Waals surface area contributed by atoms with Crippen LogP contribution in [0, 0.1) is 0 Å². The Hall–Kier alpha value is -5.11. The molecule has 8 heteroatoms. The molecule has 332 valence electrons. The summed E-state index contributed by atoms with van der Waals surface area (Å²) in [6.07, 6.45) is 6.10. The Bertz CT molecular complexity index is 2360. The molecule has 0 aromatic heterocycles. The lowest BCUT2D eigenvalue weighted by Gasteiger charge is -2.32. The molecule has 6 aromatic rings. The van der Waals surface area contributed by atoms with E-state index in [4.69, 9.17) is 18.6 Å². The molecule has 6 nitrogen and oxygen atoms in total. The van der Waals surface area contributed by atoms with Crippen molar-refractivity contribution >= 4 is 59.3 Å². The fourth-order valence-corrected chi connectivity index (χ4v) is 7.79. The number of rotatable bonds is 13. The molecular weight excluding hydrogens is 786 g/mol. The first-order valence-electron chi connectivity index (χ1n) is 23.4. The molecule has 2 heterocycles. The zero-order valence-electron chi connectivity index (χ0n) is 40.2. The number of benzene rings is 6. The molecule has 0 spiro atoms. The van der Waals surface area contributed by atoms with E-state index in [-0.39, 0.29) is 0 Å². The number of para-hydroxylation sites is 1. The molecule has 6 aromatic carbocycles. The van der Waals surface area contributed by atoms with Crippen molar-refractivity contribution in [3.8, 4) is 11.1 Å². The number of nitrogens with zero attached hydrogens (tertiary/aromatic N) is 2. The predicted molar refractivity (Wildman–Crippen MR) is 272 cm³/mol. The van der Waals surface area contributed by atoms with E-state index >= 15 is 0 Å². The van der Waals surface area contributed by atoms with Gasteiger partial charge in [-0.15, -0.1) is 0 Å². The van der Waals surface area contributed by atoms with E-state index in [0.29, 0.717) is 0 Å². The van der Waals surface area contributed by atoms with E-state index in [2.05, 4.69) is 238 Å². The smallest absolute Gasteiger partial charge is 0.399 e. The Labute approximate surface area is 385 Å².